The van der Waals surface area contributed by atoms with Crippen LogP contribution in [0.4, 0.5) is 11.4 Å². The second-order valence-corrected chi connectivity index (χ2v) is 9.36. The van der Waals surface area contributed by atoms with Gasteiger partial charge in [0.05, 0.1) is 16.2 Å². The number of phenolic OH excluding ortho intramolecular Hbond substituents is 3. The standard InChI is InChI=1S/C30H22N2O9/c33-21-7-3-17-13-25(35)24(12-19(17)11-21)29(37)31(10-9-16-1-5-20(6-2-16)32(40)41)28-23-15-22(34)8-4-18(23)14-26(36)27(28)30(38)39/h1-8,11-15,33-36H,9-10H2,(H,38,39). The van der Waals surface area contributed by atoms with Gasteiger partial charge in [-0.25, -0.2) is 4.79 Å². The topological polar surface area (TPSA) is 182 Å². The molecule has 0 atom stereocenters. The molecule has 11 nitrogen and oxygen atoms in total. The maximum atomic E-state index is 14.2. The molecule has 1 amide bonds. The van der Waals surface area contributed by atoms with Crippen LogP contribution >= 0.6 is 0 Å². The highest BCUT2D eigenvalue weighted by Crippen LogP contribution is 2.40. The van der Waals surface area contributed by atoms with Gasteiger partial charge in [-0.3, -0.25) is 14.9 Å². The molecule has 41 heavy (non-hydrogen) atoms. The molecule has 11 heteroatoms. The summed E-state index contributed by atoms with van der Waals surface area (Å²) in [6, 6.07) is 17.9. The van der Waals surface area contributed by atoms with Crippen LogP contribution in [0.15, 0.2) is 78.9 Å². The summed E-state index contributed by atoms with van der Waals surface area (Å²) in [5, 5.41) is 64.3. The highest BCUT2D eigenvalue weighted by atomic mass is 16.6. The smallest absolute Gasteiger partial charge is 0.341 e. The quantitative estimate of drug-likeness (QED) is 0.131. The van der Waals surface area contributed by atoms with Crippen molar-refractivity contribution in [2.75, 3.05) is 11.4 Å². The fourth-order valence-electron chi connectivity index (χ4n) is 4.77. The zero-order valence-electron chi connectivity index (χ0n) is 21.2. The first kappa shape index (κ1) is 26.8. The summed E-state index contributed by atoms with van der Waals surface area (Å²) in [5.74, 6) is -3.67. The van der Waals surface area contributed by atoms with E-state index in [1.54, 1.807) is 6.07 Å². The molecule has 0 aliphatic heterocycles. The first-order valence-corrected chi connectivity index (χ1v) is 12.3. The number of carboxylic acid groups (broad SMARTS) is 1. The minimum absolute atomic E-state index is 0.0702. The Kier molecular flexibility index (Phi) is 6.77. The lowest BCUT2D eigenvalue weighted by Crippen LogP contribution is -2.34. The summed E-state index contributed by atoms with van der Waals surface area (Å²) in [6.07, 6.45) is 0.105. The molecule has 0 saturated carbocycles. The number of amides is 1. The van der Waals surface area contributed by atoms with Gasteiger partial charge in [0.25, 0.3) is 11.6 Å². The average Bonchev–Trinajstić information content (AvgIpc) is 2.93. The van der Waals surface area contributed by atoms with Gasteiger partial charge in [0.1, 0.15) is 28.6 Å². The van der Waals surface area contributed by atoms with Crippen LogP contribution in [0.2, 0.25) is 0 Å². The number of phenols is 4. The number of fused-ring (bicyclic) bond motifs is 2. The normalized spacial score (nSPS) is 11.0. The van der Waals surface area contributed by atoms with Crippen LogP contribution < -0.4 is 4.90 Å². The molecule has 0 bridgehead atoms. The number of hydrogen-bond donors (Lipinski definition) is 5. The Balaban J connectivity index is 1.71. The fraction of sp³-hybridized carbons (Fsp3) is 0.0667. The van der Waals surface area contributed by atoms with Gasteiger partial charge in [0.2, 0.25) is 0 Å². The van der Waals surface area contributed by atoms with E-state index < -0.39 is 33.9 Å². The first-order valence-electron chi connectivity index (χ1n) is 12.3. The molecule has 0 aromatic heterocycles. The SMILES string of the molecule is O=C(O)c1c(O)cc2ccc(O)cc2c1N(CCc1ccc([N+](=O)[O-])cc1)C(=O)c1cc2cc(O)ccc2cc1O. The molecule has 0 unspecified atom stereocenters. The van der Waals surface area contributed by atoms with Crippen molar-refractivity contribution in [3.63, 3.8) is 0 Å². The van der Waals surface area contributed by atoms with Gasteiger partial charge in [-0.2, -0.15) is 0 Å². The van der Waals surface area contributed by atoms with Crippen molar-refractivity contribution in [1.82, 2.24) is 0 Å². The summed E-state index contributed by atoms with van der Waals surface area (Å²) < 4.78 is 0. The number of anilines is 1. The molecule has 5 N–H and O–H groups in total. The van der Waals surface area contributed by atoms with E-state index in [1.165, 1.54) is 72.8 Å². The number of carboxylic acids is 1. The lowest BCUT2D eigenvalue weighted by atomic mass is 9.99. The van der Waals surface area contributed by atoms with E-state index in [4.69, 9.17) is 0 Å². The Labute approximate surface area is 231 Å². The van der Waals surface area contributed by atoms with Gasteiger partial charge >= 0.3 is 5.97 Å². The molecular weight excluding hydrogens is 532 g/mol. The van der Waals surface area contributed by atoms with E-state index in [2.05, 4.69) is 0 Å². The second kappa shape index (κ2) is 10.4. The van der Waals surface area contributed by atoms with Crippen LogP contribution in [0.3, 0.4) is 0 Å². The number of nitro benzene ring substituents is 1. The monoisotopic (exact) mass is 554 g/mol. The van der Waals surface area contributed by atoms with Crippen molar-refractivity contribution in [2.45, 2.75) is 6.42 Å². The molecule has 0 radical (unpaired) electrons. The van der Waals surface area contributed by atoms with Crippen molar-refractivity contribution < 1.29 is 40.0 Å². The van der Waals surface area contributed by atoms with E-state index in [0.717, 1.165) is 4.90 Å². The fourth-order valence-corrected chi connectivity index (χ4v) is 4.77. The lowest BCUT2D eigenvalue weighted by molar-refractivity contribution is -0.384. The average molecular weight is 555 g/mol. The van der Waals surface area contributed by atoms with E-state index in [0.29, 0.717) is 21.7 Å². The van der Waals surface area contributed by atoms with Crippen LogP contribution in [-0.2, 0) is 6.42 Å². The number of carbonyl (C=O) groups is 2. The van der Waals surface area contributed by atoms with Crippen molar-refractivity contribution in [3.05, 3.63) is 106 Å². The highest BCUT2D eigenvalue weighted by Gasteiger charge is 2.30. The molecule has 5 aromatic rings. The Morgan fingerprint density at radius 3 is 2.05 bits per heavy atom. The number of hydrogen-bond acceptors (Lipinski definition) is 8. The van der Waals surface area contributed by atoms with Crippen LogP contribution in [-0.4, -0.2) is 48.9 Å². The molecule has 0 aliphatic carbocycles. The maximum Gasteiger partial charge on any atom is 0.341 e. The van der Waals surface area contributed by atoms with E-state index in [9.17, 15) is 45.2 Å². The van der Waals surface area contributed by atoms with Crippen LogP contribution in [0, 0.1) is 10.1 Å². The molecule has 0 fully saturated rings. The molecule has 0 saturated heterocycles. The summed E-state index contributed by atoms with van der Waals surface area (Å²) >= 11 is 0. The van der Waals surface area contributed by atoms with Gasteiger partial charge in [-0.15, -0.1) is 0 Å². The van der Waals surface area contributed by atoms with E-state index >= 15 is 0 Å². The molecule has 5 aromatic carbocycles. The Morgan fingerprint density at radius 1 is 0.756 bits per heavy atom. The van der Waals surface area contributed by atoms with Crippen molar-refractivity contribution in [3.8, 4) is 23.0 Å². The molecule has 5 rings (SSSR count). The molecule has 206 valence electrons. The predicted molar refractivity (Wildman–Crippen MR) is 150 cm³/mol. The first-order chi connectivity index (χ1) is 19.5. The lowest BCUT2D eigenvalue weighted by Gasteiger charge is -2.27. The third-order valence-corrected chi connectivity index (χ3v) is 6.75. The molecular formula is C30H22N2O9. The van der Waals surface area contributed by atoms with Gasteiger partial charge < -0.3 is 30.4 Å². The second-order valence-electron chi connectivity index (χ2n) is 9.36. The predicted octanol–water partition coefficient (Wildman–Crippen LogP) is 5.31. The largest absolute Gasteiger partial charge is 0.508 e. The summed E-state index contributed by atoms with van der Waals surface area (Å²) in [6.45, 7) is -0.178. The summed E-state index contributed by atoms with van der Waals surface area (Å²) in [4.78, 5) is 38.1. The number of nitro groups is 1. The van der Waals surface area contributed by atoms with Crippen molar-refractivity contribution >= 4 is 44.8 Å². The highest BCUT2D eigenvalue weighted by molar-refractivity contribution is 6.18. The number of aromatic hydroxyl groups is 4. The summed E-state index contributed by atoms with van der Waals surface area (Å²) in [5.41, 5.74) is -0.567. The van der Waals surface area contributed by atoms with Gasteiger partial charge in [0, 0.05) is 24.1 Å². The number of carbonyl (C=O) groups excluding carboxylic acids is 1. The van der Waals surface area contributed by atoms with Crippen LogP contribution in [0.5, 0.6) is 23.0 Å². The third-order valence-electron chi connectivity index (χ3n) is 6.75. The van der Waals surface area contributed by atoms with Gasteiger partial charge in [0.15, 0.2) is 0 Å². The van der Waals surface area contributed by atoms with Crippen LogP contribution in [0.1, 0.15) is 26.3 Å². The Morgan fingerprint density at radius 2 is 1.39 bits per heavy atom. The Hall–Kier alpha value is -5.84. The molecule has 0 heterocycles. The number of benzene rings is 5. The minimum Gasteiger partial charge on any atom is -0.508 e. The zero-order valence-corrected chi connectivity index (χ0v) is 21.2. The Bertz CT molecular complexity index is 1870. The maximum absolute atomic E-state index is 14.2. The van der Waals surface area contributed by atoms with E-state index in [-0.39, 0.29) is 46.8 Å². The number of aromatic carboxylic acids is 1. The van der Waals surface area contributed by atoms with Crippen molar-refractivity contribution in [1.29, 1.82) is 0 Å². The zero-order chi connectivity index (χ0) is 29.4. The van der Waals surface area contributed by atoms with Gasteiger partial charge in [-0.05, 0) is 70.6 Å². The van der Waals surface area contributed by atoms with Gasteiger partial charge in [-0.1, -0.05) is 24.3 Å². The van der Waals surface area contributed by atoms with E-state index in [1.807, 2.05) is 0 Å². The number of non-ortho nitro benzene ring substituents is 1. The van der Waals surface area contributed by atoms with Crippen molar-refractivity contribution in [2.24, 2.45) is 0 Å². The van der Waals surface area contributed by atoms with Crippen LogP contribution in [0.25, 0.3) is 21.5 Å². The molecule has 0 spiro atoms. The number of nitrogens with zero attached hydrogens (tertiary/aromatic N) is 2. The number of rotatable bonds is 7. The molecule has 0 aliphatic rings. The minimum atomic E-state index is -1.54. The summed E-state index contributed by atoms with van der Waals surface area (Å²) in [7, 11) is 0. The third kappa shape index (κ3) is 5.11.